The Morgan fingerprint density at radius 3 is 2.48 bits per heavy atom. The molecule has 0 aliphatic heterocycles. The zero-order chi connectivity index (χ0) is 19.4. The highest BCUT2D eigenvalue weighted by Gasteiger charge is 2.19. The number of benzene rings is 4. The number of thiophene rings is 1. The van der Waals surface area contributed by atoms with Crippen molar-refractivity contribution in [3.05, 3.63) is 90.8 Å². The summed E-state index contributed by atoms with van der Waals surface area (Å²) in [6.07, 6.45) is 0. The van der Waals surface area contributed by atoms with Crippen molar-refractivity contribution < 1.29 is 4.42 Å². The van der Waals surface area contributed by atoms with E-state index in [9.17, 15) is 0 Å². The molecule has 29 heavy (non-hydrogen) atoms. The van der Waals surface area contributed by atoms with Crippen LogP contribution in [0.1, 0.15) is 5.89 Å². The van der Waals surface area contributed by atoms with Gasteiger partial charge < -0.3 is 4.42 Å². The van der Waals surface area contributed by atoms with Crippen molar-refractivity contribution in [1.82, 2.24) is 4.98 Å². The number of aromatic nitrogens is 1. The lowest BCUT2D eigenvalue weighted by molar-refractivity contribution is 0.535. The molecule has 0 amide bonds. The molecule has 3 heteroatoms. The van der Waals surface area contributed by atoms with Gasteiger partial charge in [-0.1, -0.05) is 66.7 Å². The van der Waals surface area contributed by atoms with Crippen LogP contribution in [0.15, 0.2) is 89.3 Å². The van der Waals surface area contributed by atoms with Crippen LogP contribution in [0.4, 0.5) is 0 Å². The van der Waals surface area contributed by atoms with Crippen LogP contribution in [0.25, 0.3) is 53.5 Å². The zero-order valence-electron chi connectivity index (χ0n) is 15.8. The van der Waals surface area contributed by atoms with Crippen LogP contribution in [-0.2, 0) is 0 Å². The molecule has 0 saturated heterocycles. The second kappa shape index (κ2) is 6.29. The van der Waals surface area contributed by atoms with Gasteiger partial charge in [-0.2, -0.15) is 0 Å². The van der Waals surface area contributed by atoms with E-state index in [4.69, 9.17) is 9.40 Å². The number of hydrogen-bond acceptors (Lipinski definition) is 3. The third-order valence-corrected chi connectivity index (χ3v) is 6.63. The van der Waals surface area contributed by atoms with Gasteiger partial charge in [0, 0.05) is 38.2 Å². The first kappa shape index (κ1) is 16.5. The molecule has 4 aromatic carbocycles. The van der Waals surface area contributed by atoms with Crippen LogP contribution in [0.2, 0.25) is 0 Å². The molecule has 6 aromatic rings. The summed E-state index contributed by atoms with van der Waals surface area (Å²) in [6, 6.07) is 29.9. The fraction of sp³-hybridized carbons (Fsp3) is 0.0385. The molecule has 138 valence electrons. The Kier molecular flexibility index (Phi) is 3.58. The average molecular weight is 391 g/mol. The van der Waals surface area contributed by atoms with Crippen LogP contribution in [0, 0.1) is 6.92 Å². The van der Waals surface area contributed by atoms with Gasteiger partial charge >= 0.3 is 0 Å². The van der Waals surface area contributed by atoms with E-state index in [1.807, 2.05) is 18.3 Å². The highest BCUT2D eigenvalue weighted by atomic mass is 32.1. The minimum absolute atomic E-state index is 0.682. The molecule has 0 spiro atoms. The SMILES string of the molecule is Cc1nc(-c2ccc3ccccc3c2)c(-c2cccc3c2sc2ccccc23)o1. The van der Waals surface area contributed by atoms with Crippen LogP contribution in [0.3, 0.4) is 0 Å². The number of fused-ring (bicyclic) bond motifs is 4. The van der Waals surface area contributed by atoms with Gasteiger partial charge in [0.25, 0.3) is 0 Å². The minimum Gasteiger partial charge on any atom is -0.440 e. The number of hydrogen-bond donors (Lipinski definition) is 0. The Morgan fingerprint density at radius 1 is 0.759 bits per heavy atom. The second-order valence-corrected chi connectivity index (χ2v) is 8.31. The molecule has 0 bridgehead atoms. The summed E-state index contributed by atoms with van der Waals surface area (Å²) in [4.78, 5) is 4.76. The van der Waals surface area contributed by atoms with Gasteiger partial charge in [0.1, 0.15) is 5.69 Å². The molecule has 0 aliphatic rings. The summed E-state index contributed by atoms with van der Waals surface area (Å²) in [5.74, 6) is 1.52. The fourth-order valence-electron chi connectivity index (χ4n) is 4.07. The van der Waals surface area contributed by atoms with E-state index in [1.165, 1.54) is 30.9 Å². The normalized spacial score (nSPS) is 11.6. The first-order chi connectivity index (χ1) is 14.3. The van der Waals surface area contributed by atoms with E-state index >= 15 is 0 Å². The number of nitrogens with zero attached hydrogens (tertiary/aromatic N) is 1. The van der Waals surface area contributed by atoms with E-state index in [1.54, 1.807) is 0 Å². The monoisotopic (exact) mass is 391 g/mol. The number of aryl methyl sites for hydroxylation is 1. The molecule has 0 atom stereocenters. The smallest absolute Gasteiger partial charge is 0.192 e. The van der Waals surface area contributed by atoms with Gasteiger partial charge in [-0.25, -0.2) is 4.98 Å². The van der Waals surface area contributed by atoms with Gasteiger partial charge in [0.15, 0.2) is 11.7 Å². The van der Waals surface area contributed by atoms with E-state index in [0.29, 0.717) is 5.89 Å². The quantitative estimate of drug-likeness (QED) is 0.300. The molecular formula is C26H17NOS. The van der Waals surface area contributed by atoms with Gasteiger partial charge in [0.2, 0.25) is 0 Å². The van der Waals surface area contributed by atoms with Gasteiger partial charge in [0.05, 0.1) is 0 Å². The Morgan fingerprint density at radius 2 is 1.55 bits per heavy atom. The predicted octanol–water partition coefficient (Wildman–Crippen LogP) is 7.84. The number of rotatable bonds is 2. The highest BCUT2D eigenvalue weighted by molar-refractivity contribution is 7.26. The van der Waals surface area contributed by atoms with Crippen molar-refractivity contribution in [2.24, 2.45) is 0 Å². The lowest BCUT2D eigenvalue weighted by Crippen LogP contribution is -1.84. The zero-order valence-corrected chi connectivity index (χ0v) is 16.7. The predicted molar refractivity (Wildman–Crippen MR) is 123 cm³/mol. The summed E-state index contributed by atoms with van der Waals surface area (Å²) in [6.45, 7) is 1.92. The largest absolute Gasteiger partial charge is 0.440 e. The molecule has 2 heterocycles. The van der Waals surface area contributed by atoms with Gasteiger partial charge in [-0.05, 0) is 29.0 Å². The van der Waals surface area contributed by atoms with E-state index in [-0.39, 0.29) is 0 Å². The first-order valence-corrected chi connectivity index (χ1v) is 10.5. The van der Waals surface area contributed by atoms with Gasteiger partial charge in [-0.3, -0.25) is 0 Å². The fourth-order valence-corrected chi connectivity index (χ4v) is 5.28. The van der Waals surface area contributed by atoms with Crippen LogP contribution >= 0.6 is 11.3 Å². The standard InChI is InChI=1S/C26H17NOS/c1-16-27-24(19-14-13-17-7-2-3-8-18(17)15-19)25(28-16)22-11-6-10-21-20-9-4-5-12-23(20)29-26(21)22/h2-15H,1H3. The summed E-state index contributed by atoms with van der Waals surface area (Å²) < 4.78 is 8.70. The lowest BCUT2D eigenvalue weighted by Gasteiger charge is -2.05. The third-order valence-electron chi connectivity index (χ3n) is 5.41. The van der Waals surface area contributed by atoms with Crippen molar-refractivity contribution >= 4 is 42.3 Å². The second-order valence-electron chi connectivity index (χ2n) is 7.25. The maximum Gasteiger partial charge on any atom is 0.192 e. The Bertz CT molecular complexity index is 1520. The van der Waals surface area contributed by atoms with Crippen LogP contribution in [-0.4, -0.2) is 4.98 Å². The van der Waals surface area contributed by atoms with Crippen molar-refractivity contribution in [2.75, 3.05) is 0 Å². The molecule has 0 unspecified atom stereocenters. The van der Waals surface area contributed by atoms with Crippen LogP contribution < -0.4 is 0 Å². The summed E-state index contributed by atoms with van der Waals surface area (Å²) in [5.41, 5.74) is 3.08. The summed E-state index contributed by atoms with van der Waals surface area (Å²) in [7, 11) is 0. The molecule has 0 radical (unpaired) electrons. The summed E-state index contributed by atoms with van der Waals surface area (Å²) >= 11 is 1.81. The number of oxazole rings is 1. The molecule has 0 saturated carbocycles. The molecular weight excluding hydrogens is 374 g/mol. The van der Waals surface area contributed by atoms with E-state index in [0.717, 1.165) is 22.6 Å². The molecule has 6 rings (SSSR count). The summed E-state index contributed by atoms with van der Waals surface area (Å²) in [5, 5.41) is 4.99. The average Bonchev–Trinajstić information content (AvgIpc) is 3.34. The van der Waals surface area contributed by atoms with Crippen molar-refractivity contribution in [2.45, 2.75) is 6.92 Å². The third kappa shape index (κ3) is 2.59. The topological polar surface area (TPSA) is 26.0 Å². The van der Waals surface area contributed by atoms with Crippen molar-refractivity contribution in [1.29, 1.82) is 0 Å². The molecule has 0 aliphatic carbocycles. The Balaban J connectivity index is 1.62. The molecule has 2 aromatic heterocycles. The van der Waals surface area contributed by atoms with Crippen molar-refractivity contribution in [3.8, 4) is 22.6 Å². The minimum atomic E-state index is 0.682. The first-order valence-electron chi connectivity index (χ1n) is 9.65. The van der Waals surface area contributed by atoms with Crippen molar-refractivity contribution in [3.63, 3.8) is 0 Å². The molecule has 0 N–H and O–H groups in total. The maximum atomic E-state index is 6.17. The van der Waals surface area contributed by atoms with E-state index in [2.05, 4.69) is 84.9 Å². The van der Waals surface area contributed by atoms with Crippen LogP contribution in [0.5, 0.6) is 0 Å². The molecule has 0 fully saturated rings. The van der Waals surface area contributed by atoms with E-state index < -0.39 is 0 Å². The van der Waals surface area contributed by atoms with Gasteiger partial charge in [-0.15, -0.1) is 11.3 Å². The maximum absolute atomic E-state index is 6.17. The highest BCUT2D eigenvalue weighted by Crippen LogP contribution is 2.43. The Labute approximate surface area is 172 Å². The molecule has 2 nitrogen and oxygen atoms in total. The lowest BCUT2D eigenvalue weighted by atomic mass is 10.0. The Hall–Kier alpha value is -3.43.